The average Bonchev–Trinajstić information content (AvgIpc) is 3.01. The van der Waals surface area contributed by atoms with Gasteiger partial charge in [0.2, 0.25) is 0 Å². The number of amides is 1. The molecule has 1 saturated heterocycles. The van der Waals surface area contributed by atoms with Crippen LogP contribution < -0.4 is 19.5 Å². The zero-order valence-electron chi connectivity index (χ0n) is 15.6. The highest BCUT2D eigenvalue weighted by Crippen LogP contribution is 2.38. The monoisotopic (exact) mass is 418 g/mol. The van der Waals surface area contributed by atoms with Crippen molar-refractivity contribution in [3.05, 3.63) is 51.9 Å². The zero-order chi connectivity index (χ0) is 20.1. The molecule has 0 bridgehead atoms. The van der Waals surface area contributed by atoms with Crippen LogP contribution in [0.5, 0.6) is 17.2 Å². The lowest BCUT2D eigenvalue weighted by atomic mass is 10.2. The fraction of sp³-hybridized carbons (Fsp3) is 0.200. The van der Waals surface area contributed by atoms with E-state index in [1.54, 1.807) is 25.3 Å². The van der Waals surface area contributed by atoms with Gasteiger partial charge < -0.3 is 19.5 Å². The van der Waals surface area contributed by atoms with Crippen LogP contribution in [-0.4, -0.2) is 31.9 Å². The van der Waals surface area contributed by atoms with Gasteiger partial charge >= 0.3 is 0 Å². The fourth-order valence-electron chi connectivity index (χ4n) is 2.54. The average molecular weight is 419 g/mol. The number of rotatable bonds is 6. The summed E-state index contributed by atoms with van der Waals surface area (Å²) < 4.78 is 16.0. The second-order valence-electron chi connectivity index (χ2n) is 5.65. The summed E-state index contributed by atoms with van der Waals surface area (Å²) in [7, 11) is 3.14. The van der Waals surface area contributed by atoms with Gasteiger partial charge in [-0.1, -0.05) is 11.6 Å². The van der Waals surface area contributed by atoms with Gasteiger partial charge in [-0.25, -0.2) is 4.99 Å². The third kappa shape index (κ3) is 4.61. The Kier molecular flexibility index (Phi) is 6.49. The number of amidine groups is 1. The number of ether oxygens (including phenoxy) is 3. The third-order valence-electron chi connectivity index (χ3n) is 3.79. The lowest BCUT2D eigenvalue weighted by molar-refractivity contribution is -0.115. The van der Waals surface area contributed by atoms with Crippen molar-refractivity contribution in [2.24, 2.45) is 4.99 Å². The molecule has 1 amide bonds. The number of benzene rings is 2. The molecule has 28 heavy (non-hydrogen) atoms. The van der Waals surface area contributed by atoms with E-state index in [2.05, 4.69) is 10.3 Å². The Balaban J connectivity index is 1.85. The summed E-state index contributed by atoms with van der Waals surface area (Å²) >= 11 is 7.53. The molecule has 0 aliphatic carbocycles. The minimum absolute atomic E-state index is 0.220. The van der Waals surface area contributed by atoms with Gasteiger partial charge in [0.1, 0.15) is 5.75 Å². The molecule has 6 nitrogen and oxygen atoms in total. The van der Waals surface area contributed by atoms with Crippen LogP contribution in [0.25, 0.3) is 6.08 Å². The summed E-state index contributed by atoms with van der Waals surface area (Å²) in [5.41, 5.74) is 1.45. The second-order valence-corrected chi connectivity index (χ2v) is 7.08. The highest BCUT2D eigenvalue weighted by Gasteiger charge is 2.24. The van der Waals surface area contributed by atoms with Crippen LogP contribution in [0.1, 0.15) is 12.5 Å². The maximum Gasteiger partial charge on any atom is 0.264 e. The van der Waals surface area contributed by atoms with Crippen molar-refractivity contribution in [1.82, 2.24) is 5.32 Å². The molecule has 1 aliphatic rings. The van der Waals surface area contributed by atoms with Gasteiger partial charge in [0.05, 0.1) is 36.4 Å². The van der Waals surface area contributed by atoms with E-state index in [1.165, 1.54) is 18.9 Å². The molecule has 2 aromatic carbocycles. The van der Waals surface area contributed by atoms with E-state index in [9.17, 15) is 4.79 Å². The van der Waals surface area contributed by atoms with Crippen molar-refractivity contribution in [1.29, 1.82) is 0 Å². The van der Waals surface area contributed by atoms with Gasteiger partial charge in [-0.2, -0.15) is 0 Å². The van der Waals surface area contributed by atoms with Crippen LogP contribution in [0.4, 0.5) is 5.69 Å². The molecule has 1 heterocycles. The van der Waals surface area contributed by atoms with Gasteiger partial charge in [0, 0.05) is 0 Å². The van der Waals surface area contributed by atoms with Gasteiger partial charge in [-0.3, -0.25) is 4.79 Å². The molecule has 0 atom stereocenters. The first kappa shape index (κ1) is 20.1. The van der Waals surface area contributed by atoms with E-state index < -0.39 is 0 Å². The maximum atomic E-state index is 12.3. The lowest BCUT2D eigenvalue weighted by Crippen LogP contribution is -2.19. The number of halogens is 1. The van der Waals surface area contributed by atoms with Crippen LogP contribution >= 0.6 is 23.4 Å². The first-order valence-corrected chi connectivity index (χ1v) is 9.67. The molecule has 8 heteroatoms. The van der Waals surface area contributed by atoms with Crippen LogP contribution in [0, 0.1) is 0 Å². The van der Waals surface area contributed by atoms with Gasteiger partial charge in [0.15, 0.2) is 16.7 Å². The van der Waals surface area contributed by atoms with Gasteiger partial charge in [0.25, 0.3) is 5.91 Å². The minimum atomic E-state index is -0.220. The number of nitrogens with one attached hydrogen (secondary N) is 1. The Morgan fingerprint density at radius 3 is 2.57 bits per heavy atom. The van der Waals surface area contributed by atoms with E-state index in [1.807, 2.05) is 31.2 Å². The van der Waals surface area contributed by atoms with E-state index in [4.69, 9.17) is 25.8 Å². The van der Waals surface area contributed by atoms with Gasteiger partial charge in [-0.15, -0.1) is 0 Å². The molecule has 146 valence electrons. The summed E-state index contributed by atoms with van der Waals surface area (Å²) in [5.74, 6) is 1.52. The molecular formula is C20H19ClN2O4S. The molecule has 0 unspecified atom stereocenters. The molecular weight excluding hydrogens is 400 g/mol. The van der Waals surface area contributed by atoms with E-state index in [0.29, 0.717) is 33.2 Å². The number of carbonyl (C=O) groups is 1. The SMILES string of the molecule is CCOc1cc(/C=C2\SC(=Nc3ccc(OC)cc3)NC2=O)cc(Cl)c1OC. The first-order valence-electron chi connectivity index (χ1n) is 8.48. The van der Waals surface area contributed by atoms with Crippen molar-refractivity contribution in [2.75, 3.05) is 20.8 Å². The highest BCUT2D eigenvalue weighted by molar-refractivity contribution is 8.18. The van der Waals surface area contributed by atoms with Crippen LogP contribution in [0.15, 0.2) is 46.3 Å². The van der Waals surface area contributed by atoms with Crippen molar-refractivity contribution >= 4 is 46.2 Å². The summed E-state index contributed by atoms with van der Waals surface area (Å²) in [6.45, 7) is 2.35. The van der Waals surface area contributed by atoms with Crippen LogP contribution in [0.3, 0.4) is 0 Å². The Morgan fingerprint density at radius 1 is 1.18 bits per heavy atom. The normalized spacial score (nSPS) is 16.4. The van der Waals surface area contributed by atoms with Crippen molar-refractivity contribution in [3.8, 4) is 17.2 Å². The summed E-state index contributed by atoms with van der Waals surface area (Å²) in [4.78, 5) is 17.3. The molecule has 0 aromatic heterocycles. The van der Waals surface area contributed by atoms with E-state index in [-0.39, 0.29) is 5.91 Å². The molecule has 0 radical (unpaired) electrons. The molecule has 2 aromatic rings. The largest absolute Gasteiger partial charge is 0.497 e. The number of thioether (sulfide) groups is 1. The standard InChI is InChI=1S/C20H19ClN2O4S/c1-4-27-16-10-12(9-15(21)18(16)26-3)11-17-19(24)23-20(28-17)22-13-5-7-14(25-2)8-6-13/h5-11H,4H2,1-3H3,(H,22,23,24)/b17-11-. The fourth-order valence-corrected chi connectivity index (χ4v) is 3.68. The molecule has 1 N–H and O–H groups in total. The number of nitrogens with zero attached hydrogens (tertiary/aromatic N) is 1. The molecule has 3 rings (SSSR count). The molecule has 0 spiro atoms. The Hall–Kier alpha value is -2.64. The van der Waals surface area contributed by atoms with Crippen LogP contribution in [0.2, 0.25) is 5.02 Å². The molecule has 1 fully saturated rings. The predicted octanol–water partition coefficient (Wildman–Crippen LogP) is 4.65. The van der Waals surface area contributed by atoms with E-state index in [0.717, 1.165) is 17.0 Å². The number of methoxy groups -OCH3 is 2. The van der Waals surface area contributed by atoms with Crippen molar-refractivity contribution < 1.29 is 19.0 Å². The minimum Gasteiger partial charge on any atom is -0.497 e. The topological polar surface area (TPSA) is 69.2 Å². The Bertz CT molecular complexity index is 942. The molecule has 1 aliphatic heterocycles. The number of carbonyl (C=O) groups excluding carboxylic acids is 1. The summed E-state index contributed by atoms with van der Waals surface area (Å²) in [6, 6.07) is 10.8. The Morgan fingerprint density at radius 2 is 1.93 bits per heavy atom. The number of hydrogen-bond acceptors (Lipinski definition) is 6. The number of hydrogen-bond donors (Lipinski definition) is 1. The third-order valence-corrected chi connectivity index (χ3v) is 4.98. The predicted molar refractivity (Wildman–Crippen MR) is 113 cm³/mol. The highest BCUT2D eigenvalue weighted by atomic mass is 35.5. The maximum absolute atomic E-state index is 12.3. The summed E-state index contributed by atoms with van der Waals surface area (Å²) in [6.07, 6.45) is 1.74. The van der Waals surface area contributed by atoms with Gasteiger partial charge in [-0.05, 0) is 66.7 Å². The number of aliphatic imine (C=N–C) groups is 1. The van der Waals surface area contributed by atoms with Crippen LogP contribution in [-0.2, 0) is 4.79 Å². The zero-order valence-corrected chi connectivity index (χ0v) is 17.2. The second kappa shape index (κ2) is 9.03. The van der Waals surface area contributed by atoms with E-state index >= 15 is 0 Å². The first-order chi connectivity index (χ1) is 13.5. The smallest absolute Gasteiger partial charge is 0.264 e. The van der Waals surface area contributed by atoms with Crippen molar-refractivity contribution in [3.63, 3.8) is 0 Å². The lowest BCUT2D eigenvalue weighted by Gasteiger charge is -2.11. The molecule has 0 saturated carbocycles. The Labute approximate surface area is 172 Å². The quantitative estimate of drug-likeness (QED) is 0.691. The summed E-state index contributed by atoms with van der Waals surface area (Å²) in [5, 5.41) is 3.68. The van der Waals surface area contributed by atoms with Crippen molar-refractivity contribution in [2.45, 2.75) is 6.92 Å².